The number of carboxylic acids is 1. The fourth-order valence-corrected chi connectivity index (χ4v) is 1.71. The maximum absolute atomic E-state index is 10.7. The summed E-state index contributed by atoms with van der Waals surface area (Å²) in [5.74, 6) is -0.850. The Morgan fingerprint density at radius 2 is 2.11 bits per heavy atom. The van der Waals surface area contributed by atoms with E-state index in [0.717, 1.165) is 12.1 Å². The predicted molar refractivity (Wildman–Crippen MR) is 71.7 cm³/mol. The van der Waals surface area contributed by atoms with Crippen molar-refractivity contribution in [3.63, 3.8) is 0 Å². The largest absolute Gasteiger partial charge is 0.480 e. The van der Waals surface area contributed by atoms with Crippen LogP contribution in [0.3, 0.4) is 0 Å². The van der Waals surface area contributed by atoms with Crippen LogP contribution in [0, 0.1) is 0 Å². The van der Waals surface area contributed by atoms with Crippen LogP contribution >= 0.6 is 0 Å². The Morgan fingerprint density at radius 3 is 2.79 bits per heavy atom. The van der Waals surface area contributed by atoms with Gasteiger partial charge in [0, 0.05) is 18.3 Å². The van der Waals surface area contributed by atoms with Crippen molar-refractivity contribution >= 4 is 5.97 Å². The predicted octanol–water partition coefficient (Wildman–Crippen LogP) is 1.49. The van der Waals surface area contributed by atoms with Gasteiger partial charge in [-0.25, -0.2) is 0 Å². The first-order chi connectivity index (χ1) is 9.15. The quantitative estimate of drug-likeness (QED) is 0.825. The molecule has 0 saturated heterocycles. The Labute approximate surface area is 111 Å². The van der Waals surface area contributed by atoms with Crippen molar-refractivity contribution in [1.82, 2.24) is 15.1 Å². The average Bonchev–Trinajstić information content (AvgIpc) is 2.84. The van der Waals surface area contributed by atoms with Crippen molar-refractivity contribution in [2.24, 2.45) is 0 Å². The Bertz CT molecular complexity index is 537. The monoisotopic (exact) mass is 259 g/mol. The average molecular weight is 259 g/mol. The summed E-state index contributed by atoms with van der Waals surface area (Å²) >= 11 is 0. The van der Waals surface area contributed by atoms with Gasteiger partial charge in [0.05, 0.1) is 12.7 Å². The number of nitrogens with zero attached hydrogens (tertiary/aromatic N) is 2. The summed E-state index contributed by atoms with van der Waals surface area (Å²) in [5.41, 5.74) is 2.16. The molecule has 19 heavy (non-hydrogen) atoms. The second kappa shape index (κ2) is 6.15. The highest BCUT2D eigenvalue weighted by atomic mass is 16.4. The van der Waals surface area contributed by atoms with E-state index in [1.165, 1.54) is 5.56 Å². The van der Waals surface area contributed by atoms with E-state index < -0.39 is 12.0 Å². The molecule has 0 amide bonds. The van der Waals surface area contributed by atoms with Crippen LogP contribution in [-0.2, 0) is 17.9 Å². The highest BCUT2D eigenvalue weighted by Gasteiger charge is 2.09. The highest BCUT2D eigenvalue weighted by Crippen LogP contribution is 2.04. The number of benzene rings is 1. The van der Waals surface area contributed by atoms with Gasteiger partial charge in [-0.15, -0.1) is 0 Å². The van der Waals surface area contributed by atoms with Crippen LogP contribution in [0.2, 0.25) is 0 Å². The summed E-state index contributed by atoms with van der Waals surface area (Å²) in [6, 6.07) is 9.51. The van der Waals surface area contributed by atoms with Crippen molar-refractivity contribution in [3.05, 3.63) is 53.9 Å². The maximum atomic E-state index is 10.7. The second-order valence-electron chi connectivity index (χ2n) is 4.47. The molecular formula is C14H17N3O2. The van der Waals surface area contributed by atoms with E-state index in [-0.39, 0.29) is 0 Å². The van der Waals surface area contributed by atoms with Crippen LogP contribution in [0.4, 0.5) is 0 Å². The fraction of sp³-hybridized carbons (Fsp3) is 0.286. The van der Waals surface area contributed by atoms with Crippen LogP contribution in [-0.4, -0.2) is 26.9 Å². The number of carboxylic acid groups (broad SMARTS) is 1. The minimum Gasteiger partial charge on any atom is -0.480 e. The van der Waals surface area contributed by atoms with E-state index >= 15 is 0 Å². The number of hydrogen-bond acceptors (Lipinski definition) is 3. The third-order valence-corrected chi connectivity index (χ3v) is 2.86. The fourth-order valence-electron chi connectivity index (χ4n) is 1.71. The molecule has 0 aliphatic heterocycles. The number of aliphatic carboxylic acids is 1. The zero-order chi connectivity index (χ0) is 13.7. The van der Waals surface area contributed by atoms with Crippen molar-refractivity contribution in [2.75, 3.05) is 0 Å². The Morgan fingerprint density at radius 1 is 1.37 bits per heavy atom. The highest BCUT2D eigenvalue weighted by molar-refractivity contribution is 5.72. The van der Waals surface area contributed by atoms with Gasteiger partial charge in [0.15, 0.2) is 0 Å². The summed E-state index contributed by atoms with van der Waals surface area (Å²) in [6.45, 7) is 2.84. The molecule has 2 aromatic rings. The number of aromatic nitrogens is 2. The molecule has 0 radical (unpaired) electrons. The Hall–Kier alpha value is -2.14. The topological polar surface area (TPSA) is 67.2 Å². The van der Waals surface area contributed by atoms with Gasteiger partial charge in [-0.2, -0.15) is 5.10 Å². The first kappa shape index (κ1) is 13.3. The summed E-state index contributed by atoms with van der Waals surface area (Å²) in [7, 11) is 0. The van der Waals surface area contributed by atoms with Crippen LogP contribution in [0.5, 0.6) is 0 Å². The lowest BCUT2D eigenvalue weighted by Crippen LogP contribution is -2.32. The lowest BCUT2D eigenvalue weighted by Gasteiger charge is -2.06. The van der Waals surface area contributed by atoms with Crippen LogP contribution < -0.4 is 5.32 Å². The standard InChI is InChI=1S/C14H17N3O2/c1-11(14(18)19)15-7-13-8-16-17(10-13)9-12-5-3-2-4-6-12/h2-6,8,10-11,15H,7,9H2,1H3,(H,18,19). The van der Waals surface area contributed by atoms with Crippen LogP contribution in [0.25, 0.3) is 0 Å². The number of carbonyl (C=O) groups is 1. The number of rotatable bonds is 6. The van der Waals surface area contributed by atoms with Gasteiger partial charge in [-0.1, -0.05) is 30.3 Å². The normalized spacial score (nSPS) is 12.3. The van der Waals surface area contributed by atoms with E-state index in [9.17, 15) is 4.79 Å². The first-order valence-electron chi connectivity index (χ1n) is 6.16. The van der Waals surface area contributed by atoms with E-state index in [2.05, 4.69) is 10.4 Å². The smallest absolute Gasteiger partial charge is 0.320 e. The van der Waals surface area contributed by atoms with Crippen LogP contribution in [0.15, 0.2) is 42.7 Å². The summed E-state index contributed by atoms with van der Waals surface area (Å²) in [5, 5.41) is 16.0. The zero-order valence-electron chi connectivity index (χ0n) is 10.8. The maximum Gasteiger partial charge on any atom is 0.320 e. The van der Waals surface area contributed by atoms with Gasteiger partial charge in [-0.05, 0) is 12.5 Å². The number of nitrogens with one attached hydrogen (secondary N) is 1. The minimum atomic E-state index is -0.850. The van der Waals surface area contributed by atoms with E-state index in [1.807, 2.05) is 41.2 Å². The molecule has 0 aliphatic rings. The van der Waals surface area contributed by atoms with E-state index in [1.54, 1.807) is 13.1 Å². The third-order valence-electron chi connectivity index (χ3n) is 2.86. The Balaban J connectivity index is 1.90. The lowest BCUT2D eigenvalue weighted by atomic mass is 10.2. The van der Waals surface area contributed by atoms with E-state index in [4.69, 9.17) is 5.11 Å². The molecule has 5 heteroatoms. The summed E-state index contributed by atoms with van der Waals surface area (Å²) in [6.07, 6.45) is 3.68. The molecule has 0 saturated carbocycles. The van der Waals surface area contributed by atoms with Gasteiger partial charge < -0.3 is 10.4 Å². The van der Waals surface area contributed by atoms with Gasteiger partial charge in [0.1, 0.15) is 6.04 Å². The Kier molecular flexibility index (Phi) is 4.30. The van der Waals surface area contributed by atoms with Crippen LogP contribution in [0.1, 0.15) is 18.1 Å². The molecule has 0 aliphatic carbocycles. The molecule has 1 atom stereocenters. The van der Waals surface area contributed by atoms with Crippen molar-refractivity contribution in [1.29, 1.82) is 0 Å². The molecule has 100 valence electrons. The van der Waals surface area contributed by atoms with Crippen molar-refractivity contribution in [2.45, 2.75) is 26.1 Å². The molecule has 1 aromatic heterocycles. The van der Waals surface area contributed by atoms with Gasteiger partial charge in [0.2, 0.25) is 0 Å². The van der Waals surface area contributed by atoms with Gasteiger partial charge in [-0.3, -0.25) is 9.48 Å². The molecule has 1 aromatic carbocycles. The molecular weight excluding hydrogens is 242 g/mol. The molecule has 0 bridgehead atoms. The van der Waals surface area contributed by atoms with Gasteiger partial charge >= 0.3 is 5.97 Å². The first-order valence-corrected chi connectivity index (χ1v) is 6.16. The van der Waals surface area contributed by atoms with Crippen molar-refractivity contribution in [3.8, 4) is 0 Å². The van der Waals surface area contributed by atoms with Gasteiger partial charge in [0.25, 0.3) is 0 Å². The SMILES string of the molecule is CC(NCc1cnn(Cc2ccccc2)c1)C(=O)O. The zero-order valence-corrected chi connectivity index (χ0v) is 10.8. The minimum absolute atomic E-state index is 0.502. The summed E-state index contributed by atoms with van der Waals surface area (Å²) < 4.78 is 1.85. The molecule has 0 spiro atoms. The van der Waals surface area contributed by atoms with Crippen molar-refractivity contribution < 1.29 is 9.90 Å². The summed E-state index contributed by atoms with van der Waals surface area (Å²) in [4.78, 5) is 10.7. The second-order valence-corrected chi connectivity index (χ2v) is 4.47. The molecule has 5 nitrogen and oxygen atoms in total. The molecule has 2 rings (SSSR count). The third kappa shape index (κ3) is 3.93. The molecule has 2 N–H and O–H groups in total. The number of hydrogen-bond donors (Lipinski definition) is 2. The van der Waals surface area contributed by atoms with E-state index in [0.29, 0.717) is 6.54 Å². The lowest BCUT2D eigenvalue weighted by molar-refractivity contribution is -0.139. The molecule has 1 heterocycles. The molecule has 1 unspecified atom stereocenters. The molecule has 0 fully saturated rings.